The van der Waals surface area contributed by atoms with Gasteiger partial charge in [0, 0.05) is 26.4 Å². The van der Waals surface area contributed by atoms with Crippen molar-refractivity contribution in [1.29, 1.82) is 0 Å². The minimum atomic E-state index is -0.756. The van der Waals surface area contributed by atoms with Crippen molar-refractivity contribution in [2.24, 2.45) is 0 Å². The van der Waals surface area contributed by atoms with Crippen LogP contribution >= 0.6 is 0 Å². The summed E-state index contributed by atoms with van der Waals surface area (Å²) in [6.45, 7) is 5.89. The Kier molecular flexibility index (Phi) is 5.72. The summed E-state index contributed by atoms with van der Waals surface area (Å²) in [5.41, 5.74) is 2.12. The second-order valence-corrected chi connectivity index (χ2v) is 5.43. The molecule has 0 saturated carbocycles. The standard InChI is InChI=1S/C17H22N2O3/c1-13-16(18-14(2)22-13)12-19(10-6-9-17(20)21)11-15-7-4-3-5-8-15/h3-5,7-8H,6,9-12H2,1-2H3,(H,20,21). The average molecular weight is 302 g/mol. The van der Waals surface area contributed by atoms with E-state index >= 15 is 0 Å². The summed E-state index contributed by atoms with van der Waals surface area (Å²) < 4.78 is 5.48. The van der Waals surface area contributed by atoms with Crippen LogP contribution in [0.4, 0.5) is 0 Å². The lowest BCUT2D eigenvalue weighted by Crippen LogP contribution is -2.25. The summed E-state index contributed by atoms with van der Waals surface area (Å²) in [5.74, 6) is 0.736. The summed E-state index contributed by atoms with van der Waals surface area (Å²) in [4.78, 5) is 17.3. The summed E-state index contributed by atoms with van der Waals surface area (Å²) in [6, 6.07) is 10.2. The molecule has 0 unspecified atom stereocenters. The number of rotatable bonds is 8. The topological polar surface area (TPSA) is 66.6 Å². The fraction of sp³-hybridized carbons (Fsp3) is 0.412. The number of nitrogens with zero attached hydrogens (tertiary/aromatic N) is 2. The molecule has 5 nitrogen and oxygen atoms in total. The monoisotopic (exact) mass is 302 g/mol. The molecule has 0 spiro atoms. The van der Waals surface area contributed by atoms with Crippen LogP contribution in [0.3, 0.4) is 0 Å². The maximum atomic E-state index is 10.7. The number of carboxylic acids is 1. The first-order valence-electron chi connectivity index (χ1n) is 7.45. The normalized spacial score (nSPS) is 11.0. The lowest BCUT2D eigenvalue weighted by atomic mass is 10.2. The molecule has 0 atom stereocenters. The van der Waals surface area contributed by atoms with E-state index in [1.165, 1.54) is 5.56 Å². The molecule has 0 aliphatic heterocycles. The first kappa shape index (κ1) is 16.2. The van der Waals surface area contributed by atoms with Crippen molar-refractivity contribution in [2.45, 2.75) is 39.8 Å². The Morgan fingerprint density at radius 1 is 1.23 bits per heavy atom. The van der Waals surface area contributed by atoms with Crippen molar-refractivity contribution >= 4 is 5.97 Å². The molecular formula is C17H22N2O3. The minimum Gasteiger partial charge on any atom is -0.481 e. The van der Waals surface area contributed by atoms with E-state index in [2.05, 4.69) is 22.0 Å². The van der Waals surface area contributed by atoms with Gasteiger partial charge in [-0.2, -0.15) is 0 Å². The number of carboxylic acid groups (broad SMARTS) is 1. The highest BCUT2D eigenvalue weighted by Gasteiger charge is 2.13. The minimum absolute atomic E-state index is 0.183. The van der Waals surface area contributed by atoms with Crippen LogP contribution in [0, 0.1) is 13.8 Å². The van der Waals surface area contributed by atoms with Crippen LogP contribution in [0.2, 0.25) is 0 Å². The maximum Gasteiger partial charge on any atom is 0.303 e. The summed E-state index contributed by atoms with van der Waals surface area (Å²) >= 11 is 0. The molecule has 0 bridgehead atoms. The summed E-state index contributed by atoms with van der Waals surface area (Å²) in [5, 5.41) is 8.81. The number of hydrogen-bond acceptors (Lipinski definition) is 4. The first-order valence-corrected chi connectivity index (χ1v) is 7.45. The van der Waals surface area contributed by atoms with Gasteiger partial charge in [0.2, 0.25) is 0 Å². The van der Waals surface area contributed by atoms with Gasteiger partial charge in [-0.3, -0.25) is 9.69 Å². The lowest BCUT2D eigenvalue weighted by molar-refractivity contribution is -0.137. The van der Waals surface area contributed by atoms with E-state index in [1.54, 1.807) is 0 Å². The second-order valence-electron chi connectivity index (χ2n) is 5.43. The van der Waals surface area contributed by atoms with Crippen LogP contribution in [0.25, 0.3) is 0 Å². The van der Waals surface area contributed by atoms with Crippen LogP contribution < -0.4 is 0 Å². The molecule has 0 radical (unpaired) electrons. The number of benzene rings is 1. The zero-order valence-electron chi connectivity index (χ0n) is 13.1. The molecule has 1 N–H and O–H groups in total. The number of aryl methyl sites for hydroxylation is 2. The third-order valence-corrected chi connectivity index (χ3v) is 3.49. The number of carbonyl (C=O) groups is 1. The smallest absolute Gasteiger partial charge is 0.303 e. The van der Waals surface area contributed by atoms with Crippen molar-refractivity contribution in [1.82, 2.24) is 9.88 Å². The molecule has 0 amide bonds. The number of hydrogen-bond donors (Lipinski definition) is 1. The van der Waals surface area contributed by atoms with Crippen molar-refractivity contribution in [2.75, 3.05) is 6.54 Å². The third-order valence-electron chi connectivity index (χ3n) is 3.49. The molecule has 22 heavy (non-hydrogen) atoms. The van der Waals surface area contributed by atoms with Crippen molar-refractivity contribution < 1.29 is 14.3 Å². The predicted octanol–water partition coefficient (Wildman–Crippen LogP) is 3.16. The summed E-state index contributed by atoms with van der Waals surface area (Å²) in [6.07, 6.45) is 0.806. The van der Waals surface area contributed by atoms with Crippen LogP contribution in [0.1, 0.15) is 35.7 Å². The summed E-state index contributed by atoms with van der Waals surface area (Å²) in [7, 11) is 0. The zero-order valence-corrected chi connectivity index (χ0v) is 13.1. The quantitative estimate of drug-likeness (QED) is 0.811. The Morgan fingerprint density at radius 3 is 2.55 bits per heavy atom. The molecule has 0 aliphatic carbocycles. The van der Waals surface area contributed by atoms with Gasteiger partial charge >= 0.3 is 5.97 Å². The maximum absolute atomic E-state index is 10.7. The second kappa shape index (κ2) is 7.75. The predicted molar refractivity (Wildman–Crippen MR) is 83.4 cm³/mol. The van der Waals surface area contributed by atoms with Gasteiger partial charge in [0.05, 0.1) is 5.69 Å². The zero-order chi connectivity index (χ0) is 15.9. The van der Waals surface area contributed by atoms with Crippen LogP contribution in [0.15, 0.2) is 34.7 Å². The Labute approximate surface area is 130 Å². The average Bonchev–Trinajstić information content (AvgIpc) is 2.77. The van der Waals surface area contributed by atoms with Gasteiger partial charge in [0.25, 0.3) is 0 Å². The number of oxazole rings is 1. The lowest BCUT2D eigenvalue weighted by Gasteiger charge is -2.21. The Hall–Kier alpha value is -2.14. The van der Waals surface area contributed by atoms with E-state index in [-0.39, 0.29) is 6.42 Å². The Bertz CT molecular complexity index is 608. The highest BCUT2D eigenvalue weighted by atomic mass is 16.4. The number of aromatic nitrogens is 1. The molecule has 1 heterocycles. The third kappa shape index (κ3) is 5.00. The van der Waals surface area contributed by atoms with E-state index in [0.29, 0.717) is 25.4 Å². The van der Waals surface area contributed by atoms with E-state index in [4.69, 9.17) is 9.52 Å². The molecule has 2 rings (SSSR count). The van der Waals surface area contributed by atoms with Gasteiger partial charge in [0.1, 0.15) is 5.76 Å². The number of aliphatic carboxylic acids is 1. The van der Waals surface area contributed by atoms with E-state index < -0.39 is 5.97 Å². The Balaban J connectivity index is 2.03. The van der Waals surface area contributed by atoms with Gasteiger partial charge in [-0.1, -0.05) is 30.3 Å². The highest BCUT2D eigenvalue weighted by Crippen LogP contribution is 2.15. The molecular weight excluding hydrogens is 280 g/mol. The van der Waals surface area contributed by atoms with Crippen LogP contribution in [0.5, 0.6) is 0 Å². The fourth-order valence-corrected chi connectivity index (χ4v) is 2.44. The van der Waals surface area contributed by atoms with Gasteiger partial charge in [-0.25, -0.2) is 4.98 Å². The molecule has 2 aromatic rings. The molecule has 1 aromatic carbocycles. The van der Waals surface area contributed by atoms with Gasteiger partial charge in [0.15, 0.2) is 5.89 Å². The van der Waals surface area contributed by atoms with Crippen molar-refractivity contribution in [3.05, 3.63) is 53.2 Å². The van der Waals surface area contributed by atoms with Crippen LogP contribution in [-0.4, -0.2) is 27.5 Å². The van der Waals surface area contributed by atoms with Gasteiger partial charge in [-0.05, 0) is 25.5 Å². The largest absolute Gasteiger partial charge is 0.481 e. The molecule has 0 aliphatic rings. The van der Waals surface area contributed by atoms with Gasteiger partial charge in [-0.15, -0.1) is 0 Å². The van der Waals surface area contributed by atoms with Crippen molar-refractivity contribution in [3.8, 4) is 0 Å². The molecule has 0 saturated heterocycles. The van der Waals surface area contributed by atoms with E-state index in [0.717, 1.165) is 18.0 Å². The fourth-order valence-electron chi connectivity index (χ4n) is 2.44. The van der Waals surface area contributed by atoms with Crippen molar-refractivity contribution in [3.63, 3.8) is 0 Å². The van der Waals surface area contributed by atoms with E-state index in [1.807, 2.05) is 32.0 Å². The van der Waals surface area contributed by atoms with Crippen LogP contribution in [-0.2, 0) is 17.9 Å². The first-order chi connectivity index (χ1) is 10.5. The molecule has 5 heteroatoms. The molecule has 118 valence electrons. The Morgan fingerprint density at radius 2 is 1.95 bits per heavy atom. The molecule has 1 aromatic heterocycles. The SMILES string of the molecule is Cc1nc(CN(CCCC(=O)O)Cc2ccccc2)c(C)o1. The van der Waals surface area contributed by atoms with Gasteiger partial charge < -0.3 is 9.52 Å². The highest BCUT2D eigenvalue weighted by molar-refractivity contribution is 5.66. The molecule has 0 fully saturated rings. The van der Waals surface area contributed by atoms with E-state index in [9.17, 15) is 4.79 Å².